The highest BCUT2D eigenvalue weighted by molar-refractivity contribution is 5.80. The summed E-state index contributed by atoms with van der Waals surface area (Å²) in [5.41, 5.74) is 9.19. The van der Waals surface area contributed by atoms with Crippen LogP contribution in [0.3, 0.4) is 0 Å². The summed E-state index contributed by atoms with van der Waals surface area (Å²) in [7, 11) is 0. The van der Waals surface area contributed by atoms with Crippen LogP contribution in [0.1, 0.15) is 23.0 Å². The second-order valence-corrected chi connectivity index (χ2v) is 3.96. The molecule has 2 rings (SSSR count). The van der Waals surface area contributed by atoms with Gasteiger partial charge in [0, 0.05) is 0 Å². The van der Waals surface area contributed by atoms with E-state index in [2.05, 4.69) is 9.97 Å². The van der Waals surface area contributed by atoms with Crippen LogP contribution in [0.2, 0.25) is 0 Å². The minimum Gasteiger partial charge on any atom is -0.480 e. The zero-order valence-electron chi connectivity index (χ0n) is 9.64. The molecule has 0 saturated heterocycles. The molecule has 0 fully saturated rings. The Hall–Kier alpha value is -2.01. The molecule has 1 aromatic heterocycles. The highest BCUT2D eigenvalue weighted by Gasteiger charge is 2.15. The first-order valence-corrected chi connectivity index (χ1v) is 5.22. The van der Waals surface area contributed by atoms with Crippen molar-refractivity contribution in [3.63, 3.8) is 0 Å². The van der Waals surface area contributed by atoms with Crippen LogP contribution in [0.4, 0.5) is 0 Å². The molecule has 1 heterocycles. The van der Waals surface area contributed by atoms with E-state index in [0.717, 1.165) is 16.9 Å². The van der Waals surface area contributed by atoms with Crippen molar-refractivity contribution >= 4 is 17.0 Å². The van der Waals surface area contributed by atoms with E-state index in [0.29, 0.717) is 11.1 Å². The fourth-order valence-corrected chi connectivity index (χ4v) is 1.58. The number of carbonyl (C=O) groups is 1. The Morgan fingerprint density at radius 2 is 1.82 bits per heavy atom. The highest BCUT2D eigenvalue weighted by atomic mass is 16.4. The normalized spacial score (nSPS) is 12.6. The first kappa shape index (κ1) is 11.5. The molecular formula is C12H13N3O2. The molecule has 0 bridgehead atoms. The van der Waals surface area contributed by atoms with Gasteiger partial charge in [0.15, 0.2) is 0 Å². The molecule has 0 aliphatic carbocycles. The summed E-state index contributed by atoms with van der Waals surface area (Å²) in [5.74, 6) is -1.05. The van der Waals surface area contributed by atoms with Gasteiger partial charge in [-0.15, -0.1) is 0 Å². The van der Waals surface area contributed by atoms with E-state index in [1.165, 1.54) is 0 Å². The number of nitrogens with two attached hydrogens (primary N) is 1. The Balaban J connectivity index is 2.57. The van der Waals surface area contributed by atoms with Crippen LogP contribution >= 0.6 is 0 Å². The molecule has 0 saturated carbocycles. The Labute approximate surface area is 98.3 Å². The molecule has 5 nitrogen and oxygen atoms in total. The van der Waals surface area contributed by atoms with Gasteiger partial charge in [0.1, 0.15) is 6.04 Å². The lowest BCUT2D eigenvalue weighted by Gasteiger charge is -2.08. The Bertz CT molecular complexity index is 596. The number of fused-ring (bicyclic) bond motifs is 1. The quantitative estimate of drug-likeness (QED) is 0.813. The number of hydrogen-bond acceptors (Lipinski definition) is 4. The van der Waals surface area contributed by atoms with Gasteiger partial charge in [-0.3, -0.25) is 4.79 Å². The molecular weight excluding hydrogens is 218 g/mol. The zero-order valence-corrected chi connectivity index (χ0v) is 9.64. The maximum atomic E-state index is 10.8. The zero-order chi connectivity index (χ0) is 12.6. The fraction of sp³-hybridized carbons (Fsp3) is 0.250. The number of aryl methyl sites for hydroxylation is 2. The predicted octanol–water partition coefficient (Wildman–Crippen LogP) is 1.33. The van der Waals surface area contributed by atoms with Crippen LogP contribution in [-0.4, -0.2) is 21.0 Å². The van der Waals surface area contributed by atoms with Crippen molar-refractivity contribution in [3.8, 4) is 0 Å². The van der Waals surface area contributed by atoms with Crippen LogP contribution in [-0.2, 0) is 4.79 Å². The molecule has 1 atom stereocenters. The molecule has 5 heteroatoms. The van der Waals surface area contributed by atoms with E-state index in [9.17, 15) is 4.79 Å². The number of aliphatic carboxylic acids is 1. The Morgan fingerprint density at radius 3 is 2.41 bits per heavy atom. The Morgan fingerprint density at radius 1 is 1.24 bits per heavy atom. The third kappa shape index (κ3) is 2.09. The van der Waals surface area contributed by atoms with E-state index in [1.807, 2.05) is 13.8 Å². The summed E-state index contributed by atoms with van der Waals surface area (Å²) >= 11 is 0. The minimum atomic E-state index is -1.05. The number of nitrogens with zero attached hydrogens (tertiary/aromatic N) is 2. The summed E-state index contributed by atoms with van der Waals surface area (Å²) in [6.45, 7) is 3.75. The number of carboxylic acids is 1. The van der Waals surface area contributed by atoms with Crippen LogP contribution in [0.25, 0.3) is 11.0 Å². The van der Waals surface area contributed by atoms with Gasteiger partial charge < -0.3 is 10.8 Å². The summed E-state index contributed by atoms with van der Waals surface area (Å²) < 4.78 is 0. The summed E-state index contributed by atoms with van der Waals surface area (Å²) in [6.07, 6.45) is 0. The van der Waals surface area contributed by atoms with Gasteiger partial charge in [0.05, 0.1) is 22.4 Å². The van der Waals surface area contributed by atoms with Gasteiger partial charge in [0.2, 0.25) is 0 Å². The lowest BCUT2D eigenvalue weighted by Crippen LogP contribution is -2.20. The van der Waals surface area contributed by atoms with Crippen LogP contribution in [0, 0.1) is 13.8 Å². The van der Waals surface area contributed by atoms with Crippen molar-refractivity contribution in [2.75, 3.05) is 0 Å². The van der Waals surface area contributed by atoms with Crippen molar-refractivity contribution in [3.05, 3.63) is 35.2 Å². The minimum absolute atomic E-state index is 0.530. The molecule has 0 amide bonds. The highest BCUT2D eigenvalue weighted by Crippen LogP contribution is 2.18. The molecule has 88 valence electrons. The lowest BCUT2D eigenvalue weighted by atomic mass is 10.1. The van der Waals surface area contributed by atoms with Gasteiger partial charge in [-0.05, 0) is 31.5 Å². The second-order valence-electron chi connectivity index (χ2n) is 3.96. The smallest absolute Gasteiger partial charge is 0.325 e. The van der Waals surface area contributed by atoms with Crippen molar-refractivity contribution in [2.24, 2.45) is 5.73 Å². The third-order valence-electron chi connectivity index (χ3n) is 2.72. The van der Waals surface area contributed by atoms with E-state index in [-0.39, 0.29) is 0 Å². The molecule has 2 aromatic rings. The van der Waals surface area contributed by atoms with Gasteiger partial charge in [0.25, 0.3) is 0 Å². The number of aromatic nitrogens is 2. The molecule has 0 radical (unpaired) electrons. The average molecular weight is 231 g/mol. The van der Waals surface area contributed by atoms with Crippen molar-refractivity contribution in [1.29, 1.82) is 0 Å². The molecule has 0 aliphatic rings. The summed E-state index contributed by atoms with van der Waals surface area (Å²) in [5, 5.41) is 8.85. The summed E-state index contributed by atoms with van der Waals surface area (Å²) in [4.78, 5) is 19.5. The van der Waals surface area contributed by atoms with Crippen LogP contribution in [0.15, 0.2) is 18.2 Å². The molecule has 17 heavy (non-hydrogen) atoms. The van der Waals surface area contributed by atoms with Crippen molar-refractivity contribution in [2.45, 2.75) is 19.9 Å². The Kier molecular flexibility index (Phi) is 2.77. The van der Waals surface area contributed by atoms with Crippen molar-refractivity contribution < 1.29 is 9.90 Å². The maximum absolute atomic E-state index is 10.8. The van der Waals surface area contributed by atoms with E-state index in [4.69, 9.17) is 10.8 Å². The van der Waals surface area contributed by atoms with Crippen LogP contribution < -0.4 is 5.73 Å². The first-order valence-electron chi connectivity index (χ1n) is 5.22. The van der Waals surface area contributed by atoms with Gasteiger partial charge in [-0.1, -0.05) is 6.07 Å². The monoisotopic (exact) mass is 231 g/mol. The van der Waals surface area contributed by atoms with Gasteiger partial charge in [-0.25, -0.2) is 9.97 Å². The maximum Gasteiger partial charge on any atom is 0.325 e. The van der Waals surface area contributed by atoms with Crippen molar-refractivity contribution in [1.82, 2.24) is 9.97 Å². The number of rotatable bonds is 2. The lowest BCUT2D eigenvalue weighted by molar-refractivity contribution is -0.138. The van der Waals surface area contributed by atoms with Crippen LogP contribution in [0.5, 0.6) is 0 Å². The number of carboxylic acid groups (broad SMARTS) is 1. The van der Waals surface area contributed by atoms with Gasteiger partial charge in [-0.2, -0.15) is 0 Å². The SMILES string of the molecule is Cc1nc2ccc(C(N)C(=O)O)cc2nc1C. The molecule has 1 unspecified atom stereocenters. The average Bonchev–Trinajstić information content (AvgIpc) is 2.29. The second kappa shape index (κ2) is 4.10. The molecule has 3 N–H and O–H groups in total. The largest absolute Gasteiger partial charge is 0.480 e. The standard InChI is InChI=1S/C12H13N3O2/c1-6-7(2)15-10-5-8(11(13)12(16)17)3-4-9(10)14-6/h3-5,11H,13H2,1-2H3,(H,16,17). The van der Waals surface area contributed by atoms with Gasteiger partial charge >= 0.3 is 5.97 Å². The fourth-order valence-electron chi connectivity index (χ4n) is 1.58. The first-order chi connectivity index (χ1) is 7.99. The molecule has 0 spiro atoms. The number of benzene rings is 1. The topological polar surface area (TPSA) is 89.1 Å². The van der Waals surface area contributed by atoms with E-state index < -0.39 is 12.0 Å². The summed E-state index contributed by atoms with van der Waals surface area (Å²) in [6, 6.07) is 4.06. The predicted molar refractivity (Wildman–Crippen MR) is 63.6 cm³/mol. The third-order valence-corrected chi connectivity index (χ3v) is 2.72. The number of hydrogen-bond donors (Lipinski definition) is 2. The molecule has 1 aromatic carbocycles. The molecule has 0 aliphatic heterocycles. The van der Waals surface area contributed by atoms with E-state index in [1.54, 1.807) is 18.2 Å². The van der Waals surface area contributed by atoms with E-state index >= 15 is 0 Å².